The SMILES string of the molecule is COc1ccc(NC(=O)C(C)Oc2ccc(Cl)cc2Cl)cc1N. The van der Waals surface area contributed by atoms with E-state index in [9.17, 15) is 4.79 Å². The first-order chi connectivity index (χ1) is 10.9. The molecule has 0 radical (unpaired) electrons. The molecular weight excluding hydrogens is 339 g/mol. The molecule has 0 aliphatic rings. The molecule has 122 valence electrons. The summed E-state index contributed by atoms with van der Waals surface area (Å²) in [5.41, 5.74) is 6.78. The maximum atomic E-state index is 12.2. The van der Waals surface area contributed by atoms with E-state index in [2.05, 4.69) is 5.32 Å². The summed E-state index contributed by atoms with van der Waals surface area (Å²) in [7, 11) is 1.52. The zero-order valence-electron chi connectivity index (χ0n) is 12.6. The molecule has 0 saturated carbocycles. The Hall–Kier alpha value is -2.11. The summed E-state index contributed by atoms with van der Waals surface area (Å²) < 4.78 is 10.6. The highest BCUT2D eigenvalue weighted by Gasteiger charge is 2.17. The summed E-state index contributed by atoms with van der Waals surface area (Å²) in [6, 6.07) is 9.77. The smallest absolute Gasteiger partial charge is 0.265 e. The molecule has 23 heavy (non-hydrogen) atoms. The fourth-order valence-corrected chi connectivity index (χ4v) is 2.32. The number of rotatable bonds is 5. The molecule has 0 saturated heterocycles. The first kappa shape index (κ1) is 17.2. The van der Waals surface area contributed by atoms with Crippen LogP contribution in [-0.2, 0) is 4.79 Å². The van der Waals surface area contributed by atoms with Crippen molar-refractivity contribution in [3.05, 3.63) is 46.4 Å². The van der Waals surface area contributed by atoms with E-state index in [-0.39, 0.29) is 5.91 Å². The van der Waals surface area contributed by atoms with E-state index < -0.39 is 6.10 Å². The Morgan fingerprint density at radius 3 is 2.48 bits per heavy atom. The third kappa shape index (κ3) is 4.43. The fraction of sp³-hybridized carbons (Fsp3) is 0.188. The zero-order chi connectivity index (χ0) is 17.0. The number of nitrogens with two attached hydrogens (primary N) is 1. The van der Waals surface area contributed by atoms with Crippen LogP contribution in [0.2, 0.25) is 10.0 Å². The summed E-state index contributed by atoms with van der Waals surface area (Å²) in [5.74, 6) is 0.591. The lowest BCUT2D eigenvalue weighted by Gasteiger charge is -2.16. The average molecular weight is 355 g/mol. The number of ether oxygens (including phenoxy) is 2. The van der Waals surface area contributed by atoms with Gasteiger partial charge in [-0.1, -0.05) is 23.2 Å². The quantitative estimate of drug-likeness (QED) is 0.796. The van der Waals surface area contributed by atoms with Gasteiger partial charge in [0, 0.05) is 10.7 Å². The third-order valence-corrected chi connectivity index (χ3v) is 3.59. The average Bonchev–Trinajstić information content (AvgIpc) is 2.50. The van der Waals surface area contributed by atoms with Crippen molar-refractivity contribution in [2.24, 2.45) is 0 Å². The van der Waals surface area contributed by atoms with Crippen LogP contribution < -0.4 is 20.5 Å². The van der Waals surface area contributed by atoms with Gasteiger partial charge < -0.3 is 20.5 Å². The second-order valence-corrected chi connectivity index (χ2v) is 5.62. The molecule has 7 heteroatoms. The Balaban J connectivity index is 2.03. The van der Waals surface area contributed by atoms with Gasteiger partial charge in [0.25, 0.3) is 5.91 Å². The van der Waals surface area contributed by atoms with Crippen molar-refractivity contribution in [2.75, 3.05) is 18.2 Å². The van der Waals surface area contributed by atoms with Crippen LogP contribution in [0.15, 0.2) is 36.4 Å². The number of carbonyl (C=O) groups is 1. The Morgan fingerprint density at radius 1 is 1.17 bits per heavy atom. The van der Waals surface area contributed by atoms with Gasteiger partial charge in [-0.05, 0) is 43.3 Å². The molecule has 2 aromatic rings. The second-order valence-electron chi connectivity index (χ2n) is 4.78. The van der Waals surface area contributed by atoms with Gasteiger partial charge in [0.1, 0.15) is 11.5 Å². The minimum Gasteiger partial charge on any atom is -0.495 e. The van der Waals surface area contributed by atoms with Crippen molar-refractivity contribution in [2.45, 2.75) is 13.0 Å². The molecule has 1 atom stereocenters. The van der Waals surface area contributed by atoms with Gasteiger partial charge in [0.05, 0.1) is 17.8 Å². The summed E-state index contributed by atoms with van der Waals surface area (Å²) in [6.45, 7) is 1.62. The Kier molecular flexibility index (Phi) is 5.58. The summed E-state index contributed by atoms with van der Waals surface area (Å²) in [6.07, 6.45) is -0.753. The lowest BCUT2D eigenvalue weighted by molar-refractivity contribution is -0.122. The molecule has 1 unspecified atom stereocenters. The van der Waals surface area contributed by atoms with E-state index in [0.29, 0.717) is 32.9 Å². The summed E-state index contributed by atoms with van der Waals surface area (Å²) in [4.78, 5) is 12.2. The van der Waals surface area contributed by atoms with Crippen LogP contribution in [0.25, 0.3) is 0 Å². The molecule has 3 N–H and O–H groups in total. The molecule has 0 spiro atoms. The van der Waals surface area contributed by atoms with Crippen molar-refractivity contribution in [1.82, 2.24) is 0 Å². The highest BCUT2D eigenvalue weighted by Crippen LogP contribution is 2.29. The molecule has 0 fully saturated rings. The molecule has 0 aromatic heterocycles. The third-order valence-electron chi connectivity index (χ3n) is 3.06. The minimum atomic E-state index is -0.753. The Labute approximate surface area is 144 Å². The summed E-state index contributed by atoms with van der Waals surface area (Å²) in [5, 5.41) is 3.55. The van der Waals surface area contributed by atoms with Crippen molar-refractivity contribution in [3.63, 3.8) is 0 Å². The van der Waals surface area contributed by atoms with Crippen LogP contribution in [0.1, 0.15) is 6.92 Å². The molecule has 1 amide bonds. The van der Waals surface area contributed by atoms with E-state index in [1.165, 1.54) is 7.11 Å². The number of nitrogens with one attached hydrogen (secondary N) is 1. The van der Waals surface area contributed by atoms with Crippen LogP contribution >= 0.6 is 23.2 Å². The van der Waals surface area contributed by atoms with Crippen LogP contribution in [0.3, 0.4) is 0 Å². The van der Waals surface area contributed by atoms with E-state index in [4.69, 9.17) is 38.4 Å². The number of amides is 1. The molecule has 5 nitrogen and oxygen atoms in total. The highest BCUT2D eigenvalue weighted by atomic mass is 35.5. The Morgan fingerprint density at radius 2 is 1.87 bits per heavy atom. The standard InChI is InChI=1S/C16H16Cl2N2O3/c1-9(23-14-5-3-10(17)7-12(14)18)16(21)20-11-4-6-15(22-2)13(19)8-11/h3-9H,19H2,1-2H3,(H,20,21). The molecule has 2 aromatic carbocycles. The van der Waals surface area contributed by atoms with Crippen molar-refractivity contribution in [3.8, 4) is 11.5 Å². The van der Waals surface area contributed by atoms with Gasteiger partial charge in [-0.15, -0.1) is 0 Å². The summed E-state index contributed by atoms with van der Waals surface area (Å²) >= 11 is 11.8. The predicted molar refractivity (Wildman–Crippen MR) is 92.6 cm³/mol. The van der Waals surface area contributed by atoms with Gasteiger partial charge in [0.15, 0.2) is 6.10 Å². The monoisotopic (exact) mass is 354 g/mol. The minimum absolute atomic E-state index is 0.333. The molecule has 0 aliphatic heterocycles. The van der Waals surface area contributed by atoms with Crippen molar-refractivity contribution >= 4 is 40.5 Å². The van der Waals surface area contributed by atoms with Crippen LogP contribution in [0.4, 0.5) is 11.4 Å². The first-order valence-corrected chi connectivity index (χ1v) is 7.52. The molecular formula is C16H16Cl2N2O3. The van der Waals surface area contributed by atoms with Crippen LogP contribution in [0, 0.1) is 0 Å². The van der Waals surface area contributed by atoms with Gasteiger partial charge in [0.2, 0.25) is 0 Å². The van der Waals surface area contributed by atoms with Gasteiger partial charge >= 0.3 is 0 Å². The van der Waals surface area contributed by atoms with Crippen molar-refractivity contribution < 1.29 is 14.3 Å². The van der Waals surface area contributed by atoms with Gasteiger partial charge in [-0.3, -0.25) is 4.79 Å². The number of hydrogen-bond donors (Lipinski definition) is 2. The first-order valence-electron chi connectivity index (χ1n) is 6.77. The lowest BCUT2D eigenvalue weighted by atomic mass is 10.2. The largest absolute Gasteiger partial charge is 0.495 e. The van der Waals surface area contributed by atoms with E-state index in [0.717, 1.165) is 0 Å². The molecule has 0 aliphatic carbocycles. The maximum Gasteiger partial charge on any atom is 0.265 e. The predicted octanol–water partition coefficient (Wildman–Crippen LogP) is 3.99. The number of halogens is 2. The Bertz CT molecular complexity index is 722. The topological polar surface area (TPSA) is 73.6 Å². The van der Waals surface area contributed by atoms with E-state index >= 15 is 0 Å². The molecule has 2 rings (SSSR count). The number of carbonyl (C=O) groups excluding carboxylic acids is 1. The zero-order valence-corrected chi connectivity index (χ0v) is 14.1. The number of methoxy groups -OCH3 is 1. The normalized spacial score (nSPS) is 11.7. The lowest BCUT2D eigenvalue weighted by Crippen LogP contribution is -2.30. The highest BCUT2D eigenvalue weighted by molar-refractivity contribution is 6.35. The maximum absolute atomic E-state index is 12.2. The number of hydrogen-bond acceptors (Lipinski definition) is 4. The van der Waals surface area contributed by atoms with E-state index in [1.807, 2.05) is 0 Å². The fourth-order valence-electron chi connectivity index (χ4n) is 1.87. The van der Waals surface area contributed by atoms with Gasteiger partial charge in [-0.2, -0.15) is 0 Å². The van der Waals surface area contributed by atoms with Crippen LogP contribution in [0.5, 0.6) is 11.5 Å². The van der Waals surface area contributed by atoms with Crippen molar-refractivity contribution in [1.29, 1.82) is 0 Å². The second kappa shape index (κ2) is 7.44. The van der Waals surface area contributed by atoms with Gasteiger partial charge in [-0.25, -0.2) is 0 Å². The number of anilines is 2. The molecule has 0 bridgehead atoms. The van der Waals surface area contributed by atoms with E-state index in [1.54, 1.807) is 43.3 Å². The number of nitrogen functional groups attached to an aromatic ring is 1. The number of benzene rings is 2. The van der Waals surface area contributed by atoms with Crippen LogP contribution in [-0.4, -0.2) is 19.1 Å². The molecule has 0 heterocycles.